The fourth-order valence-corrected chi connectivity index (χ4v) is 4.12. The monoisotopic (exact) mass is 466 g/mol. The van der Waals surface area contributed by atoms with Crippen LogP contribution in [-0.2, 0) is 0 Å². The first-order valence-corrected chi connectivity index (χ1v) is 10.8. The van der Waals surface area contributed by atoms with E-state index in [1.54, 1.807) is 12.1 Å². The van der Waals surface area contributed by atoms with Gasteiger partial charge >= 0.3 is 0 Å². The van der Waals surface area contributed by atoms with E-state index in [-0.39, 0.29) is 11.0 Å². The van der Waals surface area contributed by atoms with E-state index in [9.17, 15) is 4.79 Å². The second-order valence-corrected chi connectivity index (χ2v) is 8.04. The van der Waals surface area contributed by atoms with Crippen molar-refractivity contribution in [1.29, 1.82) is 0 Å². The summed E-state index contributed by atoms with van der Waals surface area (Å²) in [5.74, 6) is 0.137. The van der Waals surface area contributed by atoms with Crippen LogP contribution in [0.3, 0.4) is 0 Å². The molecule has 9 heteroatoms. The summed E-state index contributed by atoms with van der Waals surface area (Å²) < 4.78 is 5.11. The van der Waals surface area contributed by atoms with Crippen LogP contribution in [0.2, 0.25) is 10.0 Å². The molecule has 2 N–H and O–H groups in total. The van der Waals surface area contributed by atoms with Crippen LogP contribution in [-0.4, -0.2) is 55.8 Å². The van der Waals surface area contributed by atoms with Gasteiger partial charge in [-0.15, -0.1) is 0 Å². The van der Waals surface area contributed by atoms with Crippen LogP contribution >= 0.6 is 35.4 Å². The average Bonchev–Trinajstić information content (AvgIpc) is 2.74. The Balaban J connectivity index is 1.70. The van der Waals surface area contributed by atoms with E-state index >= 15 is 0 Å². The number of nitrogens with zero attached hydrogens (tertiary/aromatic N) is 2. The van der Waals surface area contributed by atoms with Gasteiger partial charge in [0.2, 0.25) is 0 Å². The third kappa shape index (κ3) is 5.35. The number of carbonyl (C=O) groups is 1. The Morgan fingerprint density at radius 3 is 2.50 bits per heavy atom. The Hall–Kier alpha value is -2.06. The summed E-state index contributed by atoms with van der Waals surface area (Å²) >= 11 is 18.0. The molecule has 0 atom stereocenters. The zero-order valence-corrected chi connectivity index (χ0v) is 19.2. The molecule has 0 aliphatic carbocycles. The number of anilines is 2. The van der Waals surface area contributed by atoms with Gasteiger partial charge in [-0.05, 0) is 49.1 Å². The smallest absolute Gasteiger partial charge is 0.257 e. The van der Waals surface area contributed by atoms with Crippen LogP contribution in [0.25, 0.3) is 0 Å². The fourth-order valence-electron chi connectivity index (χ4n) is 3.36. The number of piperazine rings is 1. The van der Waals surface area contributed by atoms with Crippen LogP contribution in [0.15, 0.2) is 36.4 Å². The molecule has 30 heavy (non-hydrogen) atoms. The van der Waals surface area contributed by atoms with Crippen LogP contribution in [0.5, 0.6) is 5.75 Å². The maximum atomic E-state index is 12.5. The number of nitrogens with one attached hydrogen (secondary N) is 2. The topological polar surface area (TPSA) is 56.8 Å². The van der Waals surface area contributed by atoms with Crippen LogP contribution < -0.4 is 20.3 Å². The van der Waals surface area contributed by atoms with Crippen molar-refractivity contribution in [3.8, 4) is 5.75 Å². The Morgan fingerprint density at radius 2 is 1.87 bits per heavy atom. The lowest BCUT2D eigenvalue weighted by Crippen LogP contribution is -2.46. The number of hydrogen-bond acceptors (Lipinski definition) is 5. The Bertz CT molecular complexity index is 933. The number of amides is 1. The van der Waals surface area contributed by atoms with Crippen molar-refractivity contribution in [2.45, 2.75) is 6.92 Å². The Kier molecular flexibility index (Phi) is 7.77. The van der Waals surface area contributed by atoms with Crippen molar-refractivity contribution in [3.05, 3.63) is 52.0 Å². The summed E-state index contributed by atoms with van der Waals surface area (Å²) in [4.78, 5) is 17.2. The second-order valence-electron chi connectivity index (χ2n) is 6.81. The van der Waals surface area contributed by atoms with Gasteiger partial charge in [0.05, 0.1) is 28.5 Å². The average molecular weight is 467 g/mol. The van der Waals surface area contributed by atoms with Gasteiger partial charge in [-0.1, -0.05) is 36.2 Å². The van der Waals surface area contributed by atoms with Crippen molar-refractivity contribution < 1.29 is 9.53 Å². The molecule has 1 aliphatic heterocycles. The van der Waals surface area contributed by atoms with E-state index in [0.29, 0.717) is 21.4 Å². The molecule has 0 unspecified atom stereocenters. The molecule has 1 heterocycles. The number of ether oxygens (including phenoxy) is 1. The zero-order valence-electron chi connectivity index (χ0n) is 16.9. The molecule has 1 fully saturated rings. The molecule has 0 aromatic heterocycles. The van der Waals surface area contributed by atoms with Gasteiger partial charge in [-0.3, -0.25) is 10.1 Å². The Labute approximate surface area is 192 Å². The highest BCUT2D eigenvalue weighted by atomic mass is 35.5. The van der Waals surface area contributed by atoms with Gasteiger partial charge in [0.15, 0.2) is 5.11 Å². The zero-order chi connectivity index (χ0) is 21.7. The minimum atomic E-state index is -0.364. The fraction of sp³-hybridized carbons (Fsp3) is 0.333. The van der Waals surface area contributed by atoms with E-state index in [4.69, 9.17) is 40.2 Å². The molecular weight excluding hydrogens is 443 g/mol. The standard InChI is InChI=1S/C21H24Cl2N4O2S/c1-3-26-9-11-27(12-10-26)19-15(22)5-4-6-17(19)24-21(30)25-20(28)14-7-8-18(29-2)16(23)13-14/h4-8,13H,3,9-12H2,1-2H3,(H2,24,25,28,30). The summed E-state index contributed by atoms with van der Waals surface area (Å²) in [5, 5.41) is 6.98. The largest absolute Gasteiger partial charge is 0.495 e. The van der Waals surface area contributed by atoms with Gasteiger partial charge in [0, 0.05) is 31.7 Å². The molecular formula is C21H24Cl2N4O2S. The summed E-state index contributed by atoms with van der Waals surface area (Å²) in [5.41, 5.74) is 2.02. The molecule has 0 radical (unpaired) electrons. The predicted molar refractivity (Wildman–Crippen MR) is 127 cm³/mol. The van der Waals surface area contributed by atoms with Crippen molar-refractivity contribution in [2.75, 3.05) is 50.1 Å². The summed E-state index contributed by atoms with van der Waals surface area (Å²) in [7, 11) is 1.52. The maximum absolute atomic E-state index is 12.5. The first-order chi connectivity index (χ1) is 14.4. The molecule has 1 aliphatic rings. The number of carbonyl (C=O) groups excluding carboxylic acids is 1. The van der Waals surface area contributed by atoms with Crippen molar-refractivity contribution in [3.63, 3.8) is 0 Å². The number of hydrogen-bond donors (Lipinski definition) is 2. The number of likely N-dealkylation sites (N-methyl/N-ethyl adjacent to an activating group) is 1. The van der Waals surface area contributed by atoms with Gasteiger partial charge in [0.1, 0.15) is 5.75 Å². The number of benzene rings is 2. The van der Waals surface area contributed by atoms with E-state index in [1.165, 1.54) is 13.2 Å². The highest BCUT2D eigenvalue weighted by Gasteiger charge is 2.21. The highest BCUT2D eigenvalue weighted by molar-refractivity contribution is 7.80. The first kappa shape index (κ1) is 22.6. The molecule has 2 aromatic carbocycles. The summed E-state index contributed by atoms with van der Waals surface area (Å²) in [6.45, 7) is 6.88. The molecule has 160 valence electrons. The lowest BCUT2D eigenvalue weighted by molar-refractivity contribution is 0.0977. The quantitative estimate of drug-likeness (QED) is 0.641. The summed E-state index contributed by atoms with van der Waals surface area (Å²) in [6, 6.07) is 10.4. The predicted octanol–water partition coefficient (Wildman–Crippen LogP) is 4.27. The molecule has 3 rings (SSSR count). The normalized spacial score (nSPS) is 14.3. The van der Waals surface area contributed by atoms with Crippen molar-refractivity contribution in [1.82, 2.24) is 10.2 Å². The van der Waals surface area contributed by atoms with Gasteiger partial charge in [-0.2, -0.15) is 0 Å². The molecule has 0 bridgehead atoms. The summed E-state index contributed by atoms with van der Waals surface area (Å²) in [6.07, 6.45) is 0. The second kappa shape index (κ2) is 10.3. The molecule has 0 saturated carbocycles. The highest BCUT2D eigenvalue weighted by Crippen LogP contribution is 2.34. The van der Waals surface area contributed by atoms with Gasteiger partial charge in [0.25, 0.3) is 5.91 Å². The van der Waals surface area contributed by atoms with Crippen LogP contribution in [0.1, 0.15) is 17.3 Å². The van der Waals surface area contributed by atoms with Gasteiger partial charge in [-0.25, -0.2) is 0 Å². The minimum absolute atomic E-state index is 0.183. The third-order valence-electron chi connectivity index (χ3n) is 5.01. The lowest BCUT2D eigenvalue weighted by Gasteiger charge is -2.37. The molecule has 2 aromatic rings. The molecule has 0 spiro atoms. The van der Waals surface area contributed by atoms with Crippen LogP contribution in [0, 0.1) is 0 Å². The van der Waals surface area contributed by atoms with E-state index in [1.807, 2.05) is 18.2 Å². The Morgan fingerprint density at radius 1 is 1.13 bits per heavy atom. The molecule has 6 nitrogen and oxygen atoms in total. The number of thiocarbonyl (C=S) groups is 1. The van der Waals surface area contributed by atoms with Gasteiger partial charge < -0.3 is 19.9 Å². The maximum Gasteiger partial charge on any atom is 0.257 e. The lowest BCUT2D eigenvalue weighted by atomic mass is 10.2. The van der Waals surface area contributed by atoms with Crippen molar-refractivity contribution >= 4 is 57.8 Å². The first-order valence-electron chi connectivity index (χ1n) is 9.64. The van der Waals surface area contributed by atoms with Crippen LogP contribution in [0.4, 0.5) is 11.4 Å². The third-order valence-corrected chi connectivity index (χ3v) is 5.82. The molecule has 1 amide bonds. The number of para-hydroxylation sites is 1. The number of rotatable bonds is 5. The van der Waals surface area contributed by atoms with E-state index in [0.717, 1.165) is 44.1 Å². The number of halogens is 2. The molecule has 1 saturated heterocycles. The minimum Gasteiger partial charge on any atom is -0.495 e. The van der Waals surface area contributed by atoms with E-state index in [2.05, 4.69) is 27.4 Å². The SMILES string of the molecule is CCN1CCN(c2c(Cl)cccc2NC(=S)NC(=O)c2ccc(OC)c(Cl)c2)CC1. The van der Waals surface area contributed by atoms with E-state index < -0.39 is 0 Å². The number of methoxy groups -OCH3 is 1. The van der Waals surface area contributed by atoms with Crippen molar-refractivity contribution in [2.24, 2.45) is 0 Å².